The molecule has 0 saturated carbocycles. The zero-order valence-electron chi connectivity index (χ0n) is 8.54. The fourth-order valence-electron chi connectivity index (χ4n) is 1.20. The molecular weight excluding hydrogens is 210 g/mol. The Hall–Kier alpha value is -2.31. The molecule has 2 heterocycles. The predicted octanol–water partition coefficient (Wildman–Crippen LogP) is 0.438. The van der Waals surface area contributed by atoms with E-state index in [2.05, 4.69) is 25.4 Å². The van der Waals surface area contributed by atoms with Gasteiger partial charge >= 0.3 is 5.97 Å². The number of nitrogens with one attached hydrogen (secondary N) is 1. The summed E-state index contributed by atoms with van der Waals surface area (Å²) < 4.78 is 4.85. The fraction of sp³-hybridized carbons (Fsp3) is 0.222. The third-order valence-corrected chi connectivity index (χ3v) is 1.85. The first-order chi connectivity index (χ1) is 7.83. The molecule has 0 aliphatic carbocycles. The Bertz CT molecular complexity index is 482. The topological polar surface area (TPSA) is 93.7 Å². The van der Waals surface area contributed by atoms with E-state index in [0.717, 1.165) is 0 Å². The van der Waals surface area contributed by atoms with Crippen LogP contribution in [-0.4, -0.2) is 38.0 Å². The Balaban J connectivity index is 2.37. The van der Waals surface area contributed by atoms with E-state index in [1.165, 1.54) is 6.33 Å². The largest absolute Gasteiger partial charge is 0.461 e. The van der Waals surface area contributed by atoms with Gasteiger partial charge in [-0.1, -0.05) is 0 Å². The number of esters is 1. The van der Waals surface area contributed by atoms with Crippen LogP contribution in [0.1, 0.15) is 17.4 Å². The van der Waals surface area contributed by atoms with E-state index in [0.29, 0.717) is 11.3 Å². The van der Waals surface area contributed by atoms with Crippen LogP contribution in [0.4, 0.5) is 0 Å². The van der Waals surface area contributed by atoms with Gasteiger partial charge in [0, 0.05) is 18.0 Å². The summed E-state index contributed by atoms with van der Waals surface area (Å²) in [7, 11) is 0. The number of hydrogen-bond acceptors (Lipinski definition) is 6. The predicted molar refractivity (Wildman–Crippen MR) is 53.4 cm³/mol. The van der Waals surface area contributed by atoms with Crippen LogP contribution in [0, 0.1) is 0 Å². The highest BCUT2D eigenvalue weighted by molar-refractivity contribution is 5.93. The van der Waals surface area contributed by atoms with Gasteiger partial charge in [0.2, 0.25) is 0 Å². The monoisotopic (exact) mass is 219 g/mol. The summed E-state index contributed by atoms with van der Waals surface area (Å²) in [5.41, 5.74) is 1.13. The van der Waals surface area contributed by atoms with E-state index < -0.39 is 5.97 Å². The number of aromatic amines is 1. The smallest absolute Gasteiger partial charge is 0.361 e. The highest BCUT2D eigenvalue weighted by Crippen LogP contribution is 2.17. The first-order valence-electron chi connectivity index (χ1n) is 4.66. The van der Waals surface area contributed by atoms with Crippen molar-refractivity contribution in [3.8, 4) is 11.3 Å². The second-order valence-corrected chi connectivity index (χ2v) is 2.87. The minimum atomic E-state index is -0.518. The van der Waals surface area contributed by atoms with Gasteiger partial charge in [-0.05, 0) is 6.92 Å². The summed E-state index contributed by atoms with van der Waals surface area (Å²) in [6.45, 7) is 2.01. The van der Waals surface area contributed by atoms with Crippen LogP contribution in [-0.2, 0) is 4.74 Å². The van der Waals surface area contributed by atoms with Gasteiger partial charge in [-0.25, -0.2) is 14.8 Å². The maximum absolute atomic E-state index is 11.5. The number of carbonyl (C=O) groups excluding carboxylic acids is 1. The summed E-state index contributed by atoms with van der Waals surface area (Å²) in [5, 5.41) is 10.00. The third-order valence-electron chi connectivity index (χ3n) is 1.85. The van der Waals surface area contributed by atoms with Crippen LogP contribution in [0.15, 0.2) is 18.7 Å². The quantitative estimate of drug-likeness (QED) is 0.752. The van der Waals surface area contributed by atoms with Gasteiger partial charge in [0.25, 0.3) is 0 Å². The number of rotatable bonds is 3. The normalized spacial score (nSPS) is 10.1. The number of carbonyl (C=O) groups is 1. The Morgan fingerprint density at radius 1 is 1.38 bits per heavy atom. The lowest BCUT2D eigenvalue weighted by molar-refractivity contribution is 0.0520. The molecule has 1 N–H and O–H groups in total. The van der Waals surface area contributed by atoms with Gasteiger partial charge in [-0.15, -0.1) is 5.10 Å². The lowest BCUT2D eigenvalue weighted by Gasteiger charge is -1.99. The minimum Gasteiger partial charge on any atom is -0.461 e. The van der Waals surface area contributed by atoms with E-state index in [-0.39, 0.29) is 12.3 Å². The molecule has 2 aromatic heterocycles. The minimum absolute atomic E-state index is 0.136. The number of H-pyrrole nitrogens is 1. The highest BCUT2D eigenvalue weighted by atomic mass is 16.5. The summed E-state index contributed by atoms with van der Waals surface area (Å²) in [4.78, 5) is 19.2. The molecule has 7 heteroatoms. The van der Waals surface area contributed by atoms with Crippen molar-refractivity contribution in [2.24, 2.45) is 0 Å². The molecule has 0 atom stereocenters. The van der Waals surface area contributed by atoms with Crippen molar-refractivity contribution in [1.82, 2.24) is 25.4 Å². The third kappa shape index (κ3) is 1.88. The van der Waals surface area contributed by atoms with Crippen molar-refractivity contribution in [2.75, 3.05) is 6.61 Å². The molecule has 0 amide bonds. The molecule has 82 valence electrons. The highest BCUT2D eigenvalue weighted by Gasteiger charge is 2.18. The van der Waals surface area contributed by atoms with Gasteiger partial charge in [-0.2, -0.15) is 10.3 Å². The van der Waals surface area contributed by atoms with E-state index in [4.69, 9.17) is 4.74 Å². The van der Waals surface area contributed by atoms with Crippen molar-refractivity contribution in [2.45, 2.75) is 6.92 Å². The lowest BCUT2D eigenvalue weighted by Crippen LogP contribution is -2.06. The molecule has 0 fully saturated rings. The van der Waals surface area contributed by atoms with Crippen molar-refractivity contribution in [3.63, 3.8) is 0 Å². The molecular formula is C9H9N5O2. The zero-order chi connectivity index (χ0) is 11.4. The van der Waals surface area contributed by atoms with E-state index in [1.807, 2.05) is 0 Å². The van der Waals surface area contributed by atoms with Crippen molar-refractivity contribution in [1.29, 1.82) is 0 Å². The summed E-state index contributed by atoms with van der Waals surface area (Å²) in [6.07, 6.45) is 4.49. The number of aromatic nitrogens is 5. The second kappa shape index (κ2) is 4.47. The van der Waals surface area contributed by atoms with E-state index in [9.17, 15) is 4.79 Å². The Labute approximate surface area is 90.9 Å². The van der Waals surface area contributed by atoms with Gasteiger partial charge in [0.1, 0.15) is 12.0 Å². The summed E-state index contributed by atoms with van der Waals surface area (Å²) >= 11 is 0. The first kappa shape index (κ1) is 10.2. The average Bonchev–Trinajstić information content (AvgIpc) is 2.79. The van der Waals surface area contributed by atoms with Crippen LogP contribution in [0.2, 0.25) is 0 Å². The Morgan fingerprint density at radius 3 is 2.81 bits per heavy atom. The van der Waals surface area contributed by atoms with E-state index >= 15 is 0 Å². The maximum atomic E-state index is 11.5. The SMILES string of the molecule is CCOC(=O)c1n[nH]nc1-c1cncnc1. The van der Waals surface area contributed by atoms with Crippen LogP contribution in [0.5, 0.6) is 0 Å². The molecule has 2 aromatic rings. The molecule has 0 radical (unpaired) electrons. The van der Waals surface area contributed by atoms with Gasteiger partial charge in [0.15, 0.2) is 5.69 Å². The van der Waals surface area contributed by atoms with Crippen molar-refractivity contribution in [3.05, 3.63) is 24.4 Å². The van der Waals surface area contributed by atoms with Crippen molar-refractivity contribution >= 4 is 5.97 Å². The lowest BCUT2D eigenvalue weighted by atomic mass is 10.2. The first-order valence-corrected chi connectivity index (χ1v) is 4.66. The fourth-order valence-corrected chi connectivity index (χ4v) is 1.20. The number of nitrogens with zero attached hydrogens (tertiary/aromatic N) is 4. The molecule has 0 saturated heterocycles. The molecule has 2 rings (SSSR count). The Kier molecular flexibility index (Phi) is 2.86. The van der Waals surface area contributed by atoms with Crippen molar-refractivity contribution < 1.29 is 9.53 Å². The number of ether oxygens (including phenoxy) is 1. The van der Waals surface area contributed by atoms with Crippen LogP contribution in [0.3, 0.4) is 0 Å². The Morgan fingerprint density at radius 2 is 2.12 bits per heavy atom. The van der Waals surface area contributed by atoms with Gasteiger partial charge < -0.3 is 4.74 Å². The average molecular weight is 219 g/mol. The number of hydrogen-bond donors (Lipinski definition) is 1. The summed E-state index contributed by atoms with van der Waals surface area (Å²) in [5.74, 6) is -0.518. The molecule has 0 aliphatic rings. The van der Waals surface area contributed by atoms with E-state index in [1.54, 1.807) is 19.3 Å². The molecule has 0 unspecified atom stereocenters. The summed E-state index contributed by atoms with van der Waals surface area (Å²) in [6, 6.07) is 0. The maximum Gasteiger partial charge on any atom is 0.361 e. The molecule has 7 nitrogen and oxygen atoms in total. The molecule has 0 bridgehead atoms. The van der Waals surface area contributed by atoms with Crippen LogP contribution < -0.4 is 0 Å². The molecule has 0 spiro atoms. The second-order valence-electron chi connectivity index (χ2n) is 2.87. The zero-order valence-corrected chi connectivity index (χ0v) is 8.54. The molecule has 16 heavy (non-hydrogen) atoms. The molecule has 0 aromatic carbocycles. The standard InChI is InChI=1S/C9H9N5O2/c1-2-16-9(15)8-7(12-14-13-8)6-3-10-5-11-4-6/h3-5H,2H2,1H3,(H,12,13,14). The van der Waals surface area contributed by atoms with Gasteiger partial charge in [0.05, 0.1) is 6.61 Å². The molecule has 0 aliphatic heterocycles. The van der Waals surface area contributed by atoms with Crippen LogP contribution >= 0.6 is 0 Å². The van der Waals surface area contributed by atoms with Gasteiger partial charge in [-0.3, -0.25) is 0 Å². The van der Waals surface area contributed by atoms with Crippen LogP contribution in [0.25, 0.3) is 11.3 Å².